The number of benzene rings is 2. The van der Waals surface area contributed by atoms with Gasteiger partial charge < -0.3 is 15.3 Å². The molecule has 30 heavy (non-hydrogen) atoms. The highest BCUT2D eigenvalue weighted by atomic mass is 79.9. The fourth-order valence-electron chi connectivity index (χ4n) is 3.09. The van der Waals surface area contributed by atoms with Crippen molar-refractivity contribution in [1.29, 1.82) is 0 Å². The molecule has 0 spiro atoms. The molecule has 1 fully saturated rings. The molecule has 2 aromatic carbocycles. The van der Waals surface area contributed by atoms with Gasteiger partial charge in [-0.25, -0.2) is 0 Å². The van der Waals surface area contributed by atoms with Crippen LogP contribution in [0.5, 0.6) is 0 Å². The minimum atomic E-state index is -0.583. The van der Waals surface area contributed by atoms with Gasteiger partial charge >= 0.3 is 0 Å². The summed E-state index contributed by atoms with van der Waals surface area (Å²) in [4.78, 5) is 27.6. The van der Waals surface area contributed by atoms with E-state index in [0.29, 0.717) is 42.2 Å². The van der Waals surface area contributed by atoms with Gasteiger partial charge in [-0.15, -0.1) is 0 Å². The average Bonchev–Trinajstić information content (AvgIpc) is 3.04. The Hall–Kier alpha value is -1.80. The normalized spacial score (nSPS) is 16.0. The molecule has 1 heterocycles. The third-order valence-electron chi connectivity index (χ3n) is 4.70. The smallest absolute Gasteiger partial charge is 0.251 e. The van der Waals surface area contributed by atoms with Gasteiger partial charge in [0.15, 0.2) is 0 Å². The summed E-state index contributed by atoms with van der Waals surface area (Å²) >= 11 is 11.5. The molecule has 0 saturated carbocycles. The molecule has 2 aromatic rings. The third kappa shape index (κ3) is 5.88. The summed E-state index contributed by atoms with van der Waals surface area (Å²) in [5, 5.41) is 12.9. The topological polar surface area (TPSA) is 69.6 Å². The van der Waals surface area contributed by atoms with Crippen LogP contribution in [0, 0.1) is 0 Å². The first-order valence-corrected chi connectivity index (χ1v) is 11.5. The maximum absolute atomic E-state index is 12.4. The number of hydrogen-bond donors (Lipinski definition) is 2. The Kier molecular flexibility index (Phi) is 7.99. The first-order valence-electron chi connectivity index (χ1n) is 9.50. The van der Waals surface area contributed by atoms with Crippen molar-refractivity contribution in [3.05, 3.63) is 64.1 Å². The van der Waals surface area contributed by atoms with Crippen LogP contribution in [-0.2, 0) is 9.59 Å². The van der Waals surface area contributed by atoms with E-state index in [1.165, 1.54) is 11.8 Å². The van der Waals surface area contributed by atoms with Crippen molar-refractivity contribution in [2.24, 2.45) is 0 Å². The summed E-state index contributed by atoms with van der Waals surface area (Å²) in [5.74, 6) is -0.321. The summed E-state index contributed by atoms with van der Waals surface area (Å²) in [6.07, 6.45) is 0.208. The summed E-state index contributed by atoms with van der Waals surface area (Å²) in [5.41, 5.74) is 0.994. The zero-order valence-corrected chi connectivity index (χ0v) is 19.4. The van der Waals surface area contributed by atoms with Crippen LogP contribution in [0.2, 0.25) is 5.02 Å². The van der Waals surface area contributed by atoms with Gasteiger partial charge in [-0.05, 0) is 52.2 Å². The number of rotatable bonds is 8. The minimum absolute atomic E-state index is 0.0478. The van der Waals surface area contributed by atoms with Gasteiger partial charge in [0.25, 0.3) is 5.91 Å². The molecule has 1 aliphatic heterocycles. The van der Waals surface area contributed by atoms with E-state index in [1.54, 1.807) is 11.0 Å². The minimum Gasteiger partial charge on any atom is -0.391 e. The van der Waals surface area contributed by atoms with Gasteiger partial charge in [0.1, 0.15) is 0 Å². The molecule has 5 nitrogen and oxygen atoms in total. The molecule has 2 N–H and O–H groups in total. The molecule has 0 aromatic heterocycles. The predicted octanol–water partition coefficient (Wildman–Crippen LogP) is 4.37. The molecule has 1 aliphatic rings. The number of nitrogens with one attached hydrogen (secondary N) is 1. The van der Waals surface area contributed by atoms with Crippen molar-refractivity contribution in [2.75, 3.05) is 19.6 Å². The summed E-state index contributed by atoms with van der Waals surface area (Å²) < 4.78 is 0.990. The Morgan fingerprint density at radius 1 is 1.30 bits per heavy atom. The number of halogens is 2. The molecule has 0 radical (unpaired) electrons. The van der Waals surface area contributed by atoms with E-state index in [9.17, 15) is 14.7 Å². The molecule has 8 heteroatoms. The summed E-state index contributed by atoms with van der Waals surface area (Å²) in [6.45, 7) is 5.18. The second kappa shape index (κ2) is 10.5. The highest BCUT2D eigenvalue weighted by Crippen LogP contribution is 2.38. The molecule has 1 saturated heterocycles. The number of aliphatic hydroxyl groups is 1. The predicted molar refractivity (Wildman–Crippen MR) is 124 cm³/mol. The second-order valence-corrected chi connectivity index (χ2v) is 9.31. The van der Waals surface area contributed by atoms with Crippen LogP contribution in [0.25, 0.3) is 5.57 Å². The number of β-amino-alcohol motifs (C(OH)–C–C–N with tert-alkyl or cyclic N) is 1. The average molecular weight is 510 g/mol. The van der Waals surface area contributed by atoms with Gasteiger partial charge in [-0.1, -0.05) is 48.1 Å². The van der Waals surface area contributed by atoms with Crippen LogP contribution >= 0.6 is 39.3 Å². The van der Waals surface area contributed by atoms with Crippen molar-refractivity contribution in [2.45, 2.75) is 28.7 Å². The maximum atomic E-state index is 12.4. The van der Waals surface area contributed by atoms with E-state index in [4.69, 9.17) is 11.6 Å². The Morgan fingerprint density at radius 3 is 2.73 bits per heavy atom. The molecule has 0 aliphatic carbocycles. The Labute approximate surface area is 193 Å². The number of carbonyl (C=O) groups excluding carboxylic acids is 2. The lowest BCUT2D eigenvalue weighted by Crippen LogP contribution is -2.31. The van der Waals surface area contributed by atoms with E-state index in [0.717, 1.165) is 14.3 Å². The van der Waals surface area contributed by atoms with Gasteiger partial charge in [0.2, 0.25) is 5.91 Å². The van der Waals surface area contributed by atoms with Gasteiger partial charge in [0, 0.05) is 39.5 Å². The number of amides is 2. The Morgan fingerprint density at radius 2 is 2.07 bits per heavy atom. The Bertz CT molecular complexity index is 969. The van der Waals surface area contributed by atoms with Crippen molar-refractivity contribution < 1.29 is 14.7 Å². The van der Waals surface area contributed by atoms with Gasteiger partial charge in [-0.3, -0.25) is 9.59 Å². The monoisotopic (exact) mass is 508 g/mol. The third-order valence-corrected chi connectivity index (χ3v) is 7.23. The zero-order chi connectivity index (χ0) is 21.7. The van der Waals surface area contributed by atoms with Crippen molar-refractivity contribution in [3.8, 4) is 0 Å². The molecule has 158 valence electrons. The summed E-state index contributed by atoms with van der Waals surface area (Å²) in [6, 6.07) is 13.3. The van der Waals surface area contributed by atoms with Crippen LogP contribution in [0.4, 0.5) is 0 Å². The summed E-state index contributed by atoms with van der Waals surface area (Å²) in [7, 11) is 0. The molecule has 1 atom stereocenters. The number of hydrogen-bond acceptors (Lipinski definition) is 4. The first-order chi connectivity index (χ1) is 14.3. The molecule has 2 amide bonds. The number of carbonyl (C=O) groups is 2. The Balaban J connectivity index is 1.52. The second-order valence-electron chi connectivity index (χ2n) is 6.96. The number of likely N-dealkylation sites (tertiary alicyclic amines) is 1. The van der Waals surface area contributed by atoms with E-state index in [-0.39, 0.29) is 18.2 Å². The molecule has 3 rings (SSSR count). The standard InChI is InChI=1S/C22H22BrClN2O3S/c1-14(22(29)25-9-4-10-26-13-16(27)12-21(26)28)15-7-8-20(18(24)11-15)30-19-6-3-2-5-17(19)23/h2-3,5-8,11,16,27H,1,4,9-10,12-13H2,(H,25,29). The largest absolute Gasteiger partial charge is 0.391 e. The lowest BCUT2D eigenvalue weighted by Gasteiger charge is -2.16. The lowest BCUT2D eigenvalue weighted by atomic mass is 10.1. The first kappa shape index (κ1) is 22.9. The number of nitrogens with zero attached hydrogens (tertiary/aromatic N) is 1. The molecular weight excluding hydrogens is 488 g/mol. The fourth-order valence-corrected chi connectivity index (χ4v) is 4.76. The van der Waals surface area contributed by atoms with E-state index < -0.39 is 6.10 Å². The van der Waals surface area contributed by atoms with Crippen molar-refractivity contribution in [3.63, 3.8) is 0 Å². The quantitative estimate of drug-likeness (QED) is 0.410. The van der Waals surface area contributed by atoms with Crippen LogP contribution in [0.1, 0.15) is 18.4 Å². The van der Waals surface area contributed by atoms with E-state index in [2.05, 4.69) is 27.8 Å². The fraction of sp³-hybridized carbons (Fsp3) is 0.273. The highest BCUT2D eigenvalue weighted by Gasteiger charge is 2.27. The van der Waals surface area contributed by atoms with Crippen LogP contribution < -0.4 is 5.32 Å². The molecule has 1 unspecified atom stereocenters. The van der Waals surface area contributed by atoms with Crippen LogP contribution in [0.3, 0.4) is 0 Å². The van der Waals surface area contributed by atoms with Gasteiger partial charge in [-0.2, -0.15) is 0 Å². The van der Waals surface area contributed by atoms with Crippen molar-refractivity contribution >= 4 is 56.7 Å². The highest BCUT2D eigenvalue weighted by molar-refractivity contribution is 9.10. The molecule has 0 bridgehead atoms. The molecular formula is C22H22BrClN2O3S. The van der Waals surface area contributed by atoms with E-state index in [1.807, 2.05) is 36.4 Å². The lowest BCUT2D eigenvalue weighted by molar-refractivity contribution is -0.127. The maximum Gasteiger partial charge on any atom is 0.251 e. The van der Waals surface area contributed by atoms with E-state index >= 15 is 0 Å². The van der Waals surface area contributed by atoms with Crippen LogP contribution in [-0.4, -0.2) is 47.6 Å². The van der Waals surface area contributed by atoms with Gasteiger partial charge in [0.05, 0.1) is 17.5 Å². The zero-order valence-electron chi connectivity index (χ0n) is 16.2. The van der Waals surface area contributed by atoms with Crippen LogP contribution in [0.15, 0.2) is 63.3 Å². The number of aliphatic hydroxyl groups excluding tert-OH is 1. The van der Waals surface area contributed by atoms with Crippen molar-refractivity contribution in [1.82, 2.24) is 10.2 Å². The SMILES string of the molecule is C=C(C(=O)NCCCN1CC(O)CC1=O)c1ccc(Sc2ccccc2Br)c(Cl)c1.